The van der Waals surface area contributed by atoms with Gasteiger partial charge in [-0.05, 0) is 18.2 Å². The molecule has 2 heterocycles. The van der Waals surface area contributed by atoms with Crippen molar-refractivity contribution >= 4 is 29.2 Å². The lowest BCUT2D eigenvalue weighted by atomic mass is 9.99. The Hall–Kier alpha value is -2.22. The van der Waals surface area contributed by atoms with Gasteiger partial charge in [0.2, 0.25) is 0 Å². The molecule has 0 aliphatic carbocycles. The maximum Gasteiger partial charge on any atom is 0.335 e. The van der Waals surface area contributed by atoms with E-state index in [0.717, 1.165) is 12.1 Å². The maximum absolute atomic E-state index is 14.3. The fourth-order valence-corrected chi connectivity index (χ4v) is 4.27. The van der Waals surface area contributed by atoms with Gasteiger partial charge in [-0.1, -0.05) is 29.3 Å². The number of hydrogen-bond acceptors (Lipinski definition) is 9. The molecule has 0 amide bonds. The number of fused-ring (bicyclic) bond motifs is 1. The van der Waals surface area contributed by atoms with E-state index in [4.69, 9.17) is 53.0 Å². The number of ether oxygens (including phenoxy) is 4. The highest BCUT2D eigenvalue weighted by atomic mass is 35.5. The Bertz CT molecular complexity index is 1070. The number of nitrogens with two attached hydrogens (primary N) is 1. The van der Waals surface area contributed by atoms with Crippen molar-refractivity contribution in [3.05, 3.63) is 46.2 Å². The molecule has 6 N–H and O–H groups in total. The molecule has 6 unspecified atom stereocenters. The number of benzene rings is 2. The summed E-state index contributed by atoms with van der Waals surface area (Å²) in [5.41, 5.74) is 6.54. The van der Waals surface area contributed by atoms with Crippen molar-refractivity contribution in [3.8, 4) is 22.6 Å². The van der Waals surface area contributed by atoms with Crippen LogP contribution in [0.4, 0.5) is 4.39 Å². The zero-order chi connectivity index (χ0) is 24.7. The lowest BCUT2D eigenvalue weighted by Crippen LogP contribution is -2.62. The van der Waals surface area contributed by atoms with Crippen molar-refractivity contribution in [2.45, 2.75) is 43.0 Å². The predicted octanol–water partition coefficient (Wildman–Crippen LogP) is 1.13. The summed E-state index contributed by atoms with van der Waals surface area (Å²) in [6.45, 7) is -0.205. The number of carbonyl (C=O) groups is 1. The normalized spacial score (nSPS) is 29.5. The fraction of sp³-hybridized carbons (Fsp3) is 0.381. The first kappa shape index (κ1) is 24.9. The molecule has 1 saturated heterocycles. The van der Waals surface area contributed by atoms with E-state index in [-0.39, 0.29) is 33.7 Å². The van der Waals surface area contributed by atoms with Crippen LogP contribution in [0.3, 0.4) is 0 Å². The third kappa shape index (κ3) is 4.66. The molecule has 0 radical (unpaired) electrons. The van der Waals surface area contributed by atoms with Crippen LogP contribution in [0.25, 0.3) is 11.1 Å². The molecule has 2 aromatic rings. The van der Waals surface area contributed by atoms with E-state index in [0.29, 0.717) is 5.56 Å². The summed E-state index contributed by atoms with van der Waals surface area (Å²) in [6.07, 6.45) is -11.5. The zero-order valence-electron chi connectivity index (χ0n) is 17.2. The van der Waals surface area contributed by atoms with Gasteiger partial charge in [0.15, 0.2) is 30.0 Å². The molecule has 2 aromatic carbocycles. The first-order chi connectivity index (χ1) is 16.1. The molecule has 184 valence electrons. The zero-order valence-corrected chi connectivity index (χ0v) is 18.7. The van der Waals surface area contributed by atoms with E-state index in [1.54, 1.807) is 18.2 Å². The van der Waals surface area contributed by atoms with Crippen molar-refractivity contribution in [1.29, 1.82) is 0 Å². The van der Waals surface area contributed by atoms with E-state index in [9.17, 15) is 24.5 Å². The van der Waals surface area contributed by atoms with Gasteiger partial charge in [-0.2, -0.15) is 0 Å². The van der Waals surface area contributed by atoms with Crippen LogP contribution in [0, 0.1) is 5.82 Å². The molecule has 0 spiro atoms. The van der Waals surface area contributed by atoms with Crippen molar-refractivity contribution < 1.29 is 48.6 Å². The van der Waals surface area contributed by atoms with Crippen LogP contribution < -0.4 is 15.2 Å². The van der Waals surface area contributed by atoms with Crippen LogP contribution in [-0.4, -0.2) is 76.0 Å². The lowest BCUT2D eigenvalue weighted by molar-refractivity contribution is -0.309. The Balaban J connectivity index is 1.58. The third-order valence-electron chi connectivity index (χ3n) is 5.39. The van der Waals surface area contributed by atoms with E-state index in [2.05, 4.69) is 0 Å². The molecule has 0 bridgehead atoms. The van der Waals surface area contributed by atoms with Crippen molar-refractivity contribution in [2.75, 3.05) is 6.61 Å². The van der Waals surface area contributed by atoms with Gasteiger partial charge < -0.3 is 45.1 Å². The smallest absolute Gasteiger partial charge is 0.335 e. The summed E-state index contributed by atoms with van der Waals surface area (Å²) >= 11 is 12.6. The number of carboxylic acid groups (broad SMARTS) is 1. The predicted molar refractivity (Wildman–Crippen MR) is 115 cm³/mol. The fourth-order valence-electron chi connectivity index (χ4n) is 3.66. The van der Waals surface area contributed by atoms with Gasteiger partial charge in [-0.15, -0.1) is 0 Å². The summed E-state index contributed by atoms with van der Waals surface area (Å²) in [5.74, 6) is -2.06. The second-order valence-corrected chi connectivity index (χ2v) is 8.49. The second kappa shape index (κ2) is 9.80. The summed E-state index contributed by atoms with van der Waals surface area (Å²) in [7, 11) is 0. The highest BCUT2D eigenvalue weighted by molar-refractivity contribution is 6.39. The number of rotatable bonds is 5. The first-order valence-electron chi connectivity index (χ1n) is 9.99. The van der Waals surface area contributed by atoms with Crippen LogP contribution in [0.2, 0.25) is 10.0 Å². The van der Waals surface area contributed by atoms with E-state index in [1.807, 2.05) is 0 Å². The quantitative estimate of drug-likeness (QED) is 0.362. The van der Waals surface area contributed by atoms with Gasteiger partial charge in [0.05, 0.1) is 10.0 Å². The first-order valence-corrected chi connectivity index (χ1v) is 10.7. The molecule has 34 heavy (non-hydrogen) atoms. The summed E-state index contributed by atoms with van der Waals surface area (Å²) in [6, 6.07) is 7.02. The number of hydrogen-bond donors (Lipinski definition) is 5. The minimum atomic E-state index is -1.89. The standard InChI is InChI=1S/C21H20Cl2FNO9/c22-9-2-1-3-10(23)13(9)8-4-7(24)5-11-17(8)32-12(6-31-11)19(25)34-21-16(28)14(26)15(27)18(33-21)20(29)30/h1-5,12,14-16,18-19,21,26-28H,6,25H2,(H,29,30)/t12-,14?,15?,16?,18?,19?,21?/m1/s1. The van der Waals surface area contributed by atoms with Crippen LogP contribution >= 0.6 is 23.2 Å². The average molecular weight is 520 g/mol. The van der Waals surface area contributed by atoms with Crippen molar-refractivity contribution in [2.24, 2.45) is 5.73 Å². The monoisotopic (exact) mass is 519 g/mol. The highest BCUT2D eigenvalue weighted by Crippen LogP contribution is 2.46. The molecule has 1 fully saturated rings. The van der Waals surface area contributed by atoms with E-state index in [1.165, 1.54) is 0 Å². The Morgan fingerprint density at radius 3 is 2.47 bits per heavy atom. The topological polar surface area (TPSA) is 161 Å². The highest BCUT2D eigenvalue weighted by Gasteiger charge is 2.48. The number of aliphatic hydroxyl groups is 3. The van der Waals surface area contributed by atoms with Gasteiger partial charge in [0.1, 0.15) is 37.0 Å². The maximum atomic E-state index is 14.3. The SMILES string of the molecule is NC(OC1OC(C(=O)O)C(O)C(O)C1O)[C@H]1COc2cc(F)cc(-c3c(Cl)cccc3Cl)c2O1. The van der Waals surface area contributed by atoms with Crippen LogP contribution in [0.15, 0.2) is 30.3 Å². The Morgan fingerprint density at radius 1 is 1.15 bits per heavy atom. The average Bonchev–Trinajstić information content (AvgIpc) is 2.78. The number of aliphatic carboxylic acids is 1. The number of halogens is 3. The number of aliphatic hydroxyl groups excluding tert-OH is 3. The molecule has 0 saturated carbocycles. The van der Waals surface area contributed by atoms with E-state index >= 15 is 0 Å². The largest absolute Gasteiger partial charge is 0.486 e. The van der Waals surface area contributed by atoms with Crippen molar-refractivity contribution in [3.63, 3.8) is 0 Å². The molecular weight excluding hydrogens is 500 g/mol. The van der Waals surface area contributed by atoms with Gasteiger partial charge in [-0.3, -0.25) is 0 Å². The van der Waals surface area contributed by atoms with Crippen molar-refractivity contribution in [1.82, 2.24) is 0 Å². The van der Waals surface area contributed by atoms with Gasteiger partial charge >= 0.3 is 5.97 Å². The Labute approximate surface area is 202 Å². The minimum Gasteiger partial charge on any atom is -0.486 e. The third-order valence-corrected chi connectivity index (χ3v) is 6.02. The molecular formula is C21H20Cl2FNO9. The molecule has 2 aliphatic heterocycles. The van der Waals surface area contributed by atoms with Gasteiger partial charge in [0, 0.05) is 17.2 Å². The molecule has 4 rings (SSSR count). The molecule has 2 aliphatic rings. The summed E-state index contributed by atoms with van der Waals surface area (Å²) < 4.78 is 36.3. The molecule has 0 aromatic heterocycles. The molecule has 13 heteroatoms. The van der Waals surface area contributed by atoms with Gasteiger partial charge in [0.25, 0.3) is 0 Å². The second-order valence-electron chi connectivity index (χ2n) is 7.68. The Kier molecular flexibility index (Phi) is 7.17. The summed E-state index contributed by atoms with van der Waals surface area (Å²) in [5, 5.41) is 39.5. The molecule has 10 nitrogen and oxygen atoms in total. The molecule has 7 atom stereocenters. The summed E-state index contributed by atoms with van der Waals surface area (Å²) in [4.78, 5) is 11.3. The van der Waals surface area contributed by atoms with Crippen LogP contribution in [0.1, 0.15) is 0 Å². The van der Waals surface area contributed by atoms with Crippen LogP contribution in [-0.2, 0) is 14.3 Å². The van der Waals surface area contributed by atoms with E-state index < -0.39 is 54.8 Å². The minimum absolute atomic E-state index is 0.0628. The number of carboxylic acids is 1. The van der Waals surface area contributed by atoms with Crippen LogP contribution in [0.5, 0.6) is 11.5 Å². The van der Waals surface area contributed by atoms with Gasteiger partial charge in [-0.25, -0.2) is 9.18 Å². The lowest BCUT2D eigenvalue weighted by Gasteiger charge is -2.40. The Morgan fingerprint density at radius 2 is 1.82 bits per heavy atom.